The average Bonchev–Trinajstić information content (AvgIpc) is 3.16. The third-order valence-corrected chi connectivity index (χ3v) is 6.17. The number of ether oxygens (including phenoxy) is 2. The predicted molar refractivity (Wildman–Crippen MR) is 114 cm³/mol. The van der Waals surface area contributed by atoms with Crippen molar-refractivity contribution in [1.82, 2.24) is 30.5 Å². The third-order valence-electron chi connectivity index (χ3n) is 5.96. The maximum Gasteiger partial charge on any atom is 0.231 e. The summed E-state index contributed by atoms with van der Waals surface area (Å²) in [4.78, 5) is 4.59. The number of benzene rings is 1. The highest BCUT2D eigenvalue weighted by atomic mass is 35.5. The Morgan fingerprint density at radius 3 is 2.94 bits per heavy atom. The summed E-state index contributed by atoms with van der Waals surface area (Å²) in [7, 11) is 0. The smallest absolute Gasteiger partial charge is 0.231 e. The Balaban J connectivity index is 1.31. The van der Waals surface area contributed by atoms with Crippen LogP contribution < -0.4 is 14.8 Å². The zero-order chi connectivity index (χ0) is 20.8. The van der Waals surface area contributed by atoms with Crippen molar-refractivity contribution in [1.29, 1.82) is 0 Å². The predicted octanol–water partition coefficient (Wildman–Crippen LogP) is 3.82. The van der Waals surface area contributed by atoms with Crippen molar-refractivity contribution in [3.8, 4) is 11.5 Å². The normalized spacial score (nSPS) is 20.4. The average molecular weight is 437 g/mol. The molecule has 6 rings (SSSR count). The topological polar surface area (TPSA) is 87.0 Å². The van der Waals surface area contributed by atoms with Gasteiger partial charge in [0.25, 0.3) is 0 Å². The Hall–Kier alpha value is -2.97. The van der Waals surface area contributed by atoms with Crippen molar-refractivity contribution in [2.24, 2.45) is 0 Å². The molecule has 8 nitrogen and oxygen atoms in total. The number of hydrogen-bond donors (Lipinski definition) is 1. The summed E-state index contributed by atoms with van der Waals surface area (Å²) in [5.41, 5.74) is 3.27. The lowest BCUT2D eigenvalue weighted by molar-refractivity contribution is 0.174. The van der Waals surface area contributed by atoms with Crippen molar-refractivity contribution >= 4 is 17.7 Å². The van der Waals surface area contributed by atoms with Gasteiger partial charge in [-0.25, -0.2) is 9.67 Å². The van der Waals surface area contributed by atoms with E-state index in [1.54, 1.807) is 0 Å². The van der Waals surface area contributed by atoms with E-state index in [2.05, 4.69) is 44.0 Å². The van der Waals surface area contributed by atoms with Crippen LogP contribution in [0, 0.1) is 0 Å². The van der Waals surface area contributed by atoms with Gasteiger partial charge in [-0.05, 0) is 65.4 Å². The number of nitrogens with one attached hydrogen (secondary N) is 1. The van der Waals surface area contributed by atoms with E-state index in [-0.39, 0.29) is 18.9 Å². The van der Waals surface area contributed by atoms with Gasteiger partial charge in [0.15, 0.2) is 17.3 Å². The van der Waals surface area contributed by atoms with Gasteiger partial charge in [0.05, 0.1) is 23.8 Å². The van der Waals surface area contributed by atoms with Gasteiger partial charge in [-0.3, -0.25) is 5.32 Å². The Morgan fingerprint density at radius 1 is 1.13 bits per heavy atom. The number of hydrogen-bond acceptors (Lipinski definition) is 7. The first-order valence-electron chi connectivity index (χ1n) is 10.5. The van der Waals surface area contributed by atoms with Crippen LogP contribution in [0.25, 0.3) is 6.08 Å². The zero-order valence-electron chi connectivity index (χ0n) is 16.7. The number of aryl methyl sites for hydroxylation is 1. The van der Waals surface area contributed by atoms with Gasteiger partial charge in [-0.1, -0.05) is 35.9 Å². The molecule has 2 aliphatic carbocycles. The molecule has 2 atom stereocenters. The van der Waals surface area contributed by atoms with Crippen molar-refractivity contribution in [2.45, 2.75) is 43.8 Å². The fourth-order valence-corrected chi connectivity index (χ4v) is 4.39. The quantitative estimate of drug-likeness (QED) is 0.588. The van der Waals surface area contributed by atoms with Gasteiger partial charge in [0.2, 0.25) is 6.79 Å². The van der Waals surface area contributed by atoms with E-state index in [0.717, 1.165) is 54.3 Å². The van der Waals surface area contributed by atoms with Crippen LogP contribution in [-0.4, -0.2) is 32.0 Å². The van der Waals surface area contributed by atoms with E-state index in [4.69, 9.17) is 21.1 Å². The maximum atomic E-state index is 6.18. The van der Waals surface area contributed by atoms with E-state index < -0.39 is 0 Å². The lowest BCUT2D eigenvalue weighted by Gasteiger charge is -2.20. The second-order valence-corrected chi connectivity index (χ2v) is 8.49. The molecule has 3 aromatic rings. The molecule has 1 aliphatic heterocycles. The molecular formula is C22H21ClN6O2. The van der Waals surface area contributed by atoms with Crippen molar-refractivity contribution < 1.29 is 9.47 Å². The summed E-state index contributed by atoms with van der Waals surface area (Å²) in [6, 6.07) is 10.1. The Morgan fingerprint density at radius 2 is 2.03 bits per heavy atom. The summed E-state index contributed by atoms with van der Waals surface area (Å²) < 4.78 is 12.9. The third kappa shape index (κ3) is 3.66. The van der Waals surface area contributed by atoms with Crippen LogP contribution in [0.4, 0.5) is 0 Å². The lowest BCUT2D eigenvalue weighted by Crippen LogP contribution is -2.27. The molecule has 31 heavy (non-hydrogen) atoms. The molecule has 0 saturated heterocycles. The second-order valence-electron chi connectivity index (χ2n) is 8.10. The number of nitrogens with zero attached hydrogens (tertiary/aromatic N) is 5. The number of tetrazole rings is 1. The zero-order valence-corrected chi connectivity index (χ0v) is 17.5. The molecule has 0 bridgehead atoms. The monoisotopic (exact) mass is 436 g/mol. The van der Waals surface area contributed by atoms with E-state index in [1.165, 1.54) is 5.56 Å². The van der Waals surface area contributed by atoms with Crippen molar-refractivity contribution in [3.05, 3.63) is 64.2 Å². The van der Waals surface area contributed by atoms with Crippen LogP contribution in [0.1, 0.15) is 60.0 Å². The minimum absolute atomic E-state index is 0.0875. The molecule has 2 aromatic heterocycles. The first kappa shape index (κ1) is 18.8. The molecule has 0 radical (unpaired) electrons. The standard InChI is InChI=1S/C22H21ClN6O2/c23-20-10-4-14-3-8-16(21(14)25-20)24-17(22-26-27-28-29(22)15-5-6-15)7-1-13-2-9-18-19(11-13)31-12-30-18/h1-2,4,7,9-11,15-17,24H,3,5-6,8,12H2/b7-1+. The largest absolute Gasteiger partial charge is 0.454 e. The molecule has 2 unspecified atom stereocenters. The van der Waals surface area contributed by atoms with Crippen LogP contribution in [0.3, 0.4) is 0 Å². The molecular weight excluding hydrogens is 416 g/mol. The fraction of sp³-hybridized carbons (Fsp3) is 0.364. The van der Waals surface area contributed by atoms with E-state index in [1.807, 2.05) is 28.9 Å². The first-order valence-corrected chi connectivity index (χ1v) is 10.9. The van der Waals surface area contributed by atoms with Crippen LogP contribution in [0.5, 0.6) is 11.5 Å². The number of aromatic nitrogens is 5. The SMILES string of the molecule is Clc1ccc2c(n1)C(NC(/C=C/c1ccc3c(c1)OCO3)c1nnnn1C1CC1)CC2. The van der Waals surface area contributed by atoms with Gasteiger partial charge in [0.1, 0.15) is 5.15 Å². The van der Waals surface area contributed by atoms with E-state index >= 15 is 0 Å². The van der Waals surface area contributed by atoms with Crippen molar-refractivity contribution in [3.63, 3.8) is 0 Å². The Labute approximate surface area is 184 Å². The maximum absolute atomic E-state index is 6.18. The highest BCUT2D eigenvalue weighted by Gasteiger charge is 2.32. The highest BCUT2D eigenvalue weighted by Crippen LogP contribution is 2.38. The van der Waals surface area contributed by atoms with Crippen LogP contribution in [0.2, 0.25) is 5.15 Å². The van der Waals surface area contributed by atoms with Gasteiger partial charge in [-0.2, -0.15) is 0 Å². The van der Waals surface area contributed by atoms with Gasteiger partial charge in [0, 0.05) is 0 Å². The first-order chi connectivity index (χ1) is 15.2. The summed E-state index contributed by atoms with van der Waals surface area (Å²) in [6.07, 6.45) is 8.32. The number of rotatable bonds is 6. The second kappa shape index (κ2) is 7.62. The molecule has 1 N–H and O–H groups in total. The molecule has 1 aromatic carbocycles. The Bertz CT molecular complexity index is 1160. The van der Waals surface area contributed by atoms with Crippen LogP contribution in [0.15, 0.2) is 36.4 Å². The molecule has 3 aliphatic rings. The molecule has 9 heteroatoms. The molecule has 3 heterocycles. The fourth-order valence-electron chi connectivity index (χ4n) is 4.23. The van der Waals surface area contributed by atoms with Gasteiger partial charge >= 0.3 is 0 Å². The minimum atomic E-state index is -0.169. The Kier molecular flexibility index (Phi) is 4.61. The lowest BCUT2D eigenvalue weighted by atomic mass is 10.1. The van der Waals surface area contributed by atoms with Crippen molar-refractivity contribution in [2.75, 3.05) is 6.79 Å². The number of pyridine rings is 1. The number of halogens is 1. The van der Waals surface area contributed by atoms with E-state index in [0.29, 0.717) is 11.2 Å². The molecule has 0 spiro atoms. The van der Waals surface area contributed by atoms with E-state index in [9.17, 15) is 0 Å². The van der Waals surface area contributed by atoms with Crippen LogP contribution >= 0.6 is 11.6 Å². The van der Waals surface area contributed by atoms with Gasteiger partial charge < -0.3 is 9.47 Å². The minimum Gasteiger partial charge on any atom is -0.454 e. The summed E-state index contributed by atoms with van der Waals surface area (Å²) in [5.74, 6) is 2.35. The number of fused-ring (bicyclic) bond motifs is 2. The molecule has 1 fully saturated rings. The highest BCUT2D eigenvalue weighted by molar-refractivity contribution is 6.29. The van der Waals surface area contributed by atoms with Gasteiger partial charge in [-0.15, -0.1) is 5.10 Å². The van der Waals surface area contributed by atoms with Crippen LogP contribution in [-0.2, 0) is 6.42 Å². The molecule has 0 amide bonds. The summed E-state index contributed by atoms with van der Waals surface area (Å²) >= 11 is 6.18. The summed E-state index contributed by atoms with van der Waals surface area (Å²) in [6.45, 7) is 0.263. The summed E-state index contributed by atoms with van der Waals surface area (Å²) in [5, 5.41) is 16.8. The molecule has 158 valence electrons. The molecule has 1 saturated carbocycles.